The van der Waals surface area contributed by atoms with Crippen LogP contribution in [0.1, 0.15) is 0 Å². The van der Waals surface area contributed by atoms with E-state index in [0.717, 1.165) is 0 Å². The fraction of sp³-hybridized carbons (Fsp3) is 0.0769. The highest BCUT2D eigenvalue weighted by molar-refractivity contribution is 9.10. The Morgan fingerprint density at radius 2 is 1.63 bits per heavy atom. The van der Waals surface area contributed by atoms with Gasteiger partial charge in [-0.2, -0.15) is 8.42 Å². The van der Waals surface area contributed by atoms with E-state index in [1.807, 2.05) is 0 Å². The summed E-state index contributed by atoms with van der Waals surface area (Å²) in [5.41, 5.74) is 0. The molecule has 100 valence electrons. The van der Waals surface area contributed by atoms with Crippen molar-refractivity contribution in [3.05, 3.63) is 53.0 Å². The van der Waals surface area contributed by atoms with Gasteiger partial charge in [0.05, 0.1) is 7.11 Å². The lowest BCUT2D eigenvalue weighted by atomic mass is 10.3. The molecule has 0 unspecified atom stereocenters. The van der Waals surface area contributed by atoms with E-state index >= 15 is 0 Å². The van der Waals surface area contributed by atoms with E-state index in [0.29, 0.717) is 10.2 Å². The maximum atomic E-state index is 12.0. The minimum Gasteiger partial charge on any atom is -0.497 e. The van der Waals surface area contributed by atoms with Gasteiger partial charge >= 0.3 is 10.1 Å². The van der Waals surface area contributed by atoms with E-state index < -0.39 is 10.1 Å². The summed E-state index contributed by atoms with van der Waals surface area (Å²) in [6.45, 7) is 0. The van der Waals surface area contributed by atoms with Crippen molar-refractivity contribution in [1.29, 1.82) is 0 Å². The van der Waals surface area contributed by atoms with Crippen LogP contribution in [0, 0.1) is 0 Å². The van der Waals surface area contributed by atoms with Crippen molar-refractivity contribution < 1.29 is 17.3 Å². The zero-order valence-electron chi connectivity index (χ0n) is 10.0. The molecule has 0 fully saturated rings. The molecule has 2 rings (SSSR count). The van der Waals surface area contributed by atoms with Gasteiger partial charge in [0.1, 0.15) is 16.4 Å². The monoisotopic (exact) mass is 342 g/mol. The lowest BCUT2D eigenvalue weighted by molar-refractivity contribution is 0.413. The van der Waals surface area contributed by atoms with Crippen molar-refractivity contribution in [2.75, 3.05) is 7.11 Å². The number of ether oxygens (including phenoxy) is 1. The molecular weight excluding hydrogens is 332 g/mol. The molecule has 2 aromatic carbocycles. The second-order valence-electron chi connectivity index (χ2n) is 3.67. The van der Waals surface area contributed by atoms with E-state index in [9.17, 15) is 8.42 Å². The van der Waals surface area contributed by atoms with Crippen LogP contribution in [0.2, 0.25) is 0 Å². The van der Waals surface area contributed by atoms with Crippen LogP contribution in [-0.2, 0) is 10.1 Å². The first-order valence-corrected chi connectivity index (χ1v) is 7.55. The fourth-order valence-corrected chi connectivity index (χ4v) is 2.96. The Morgan fingerprint density at radius 1 is 1.00 bits per heavy atom. The highest BCUT2D eigenvalue weighted by atomic mass is 79.9. The summed E-state index contributed by atoms with van der Waals surface area (Å²) < 4.78 is 34.8. The van der Waals surface area contributed by atoms with Crippen LogP contribution < -0.4 is 8.92 Å². The summed E-state index contributed by atoms with van der Waals surface area (Å²) in [4.78, 5) is 0.0951. The fourth-order valence-electron chi connectivity index (χ4n) is 1.43. The van der Waals surface area contributed by atoms with Gasteiger partial charge in [-0.05, 0) is 42.5 Å². The van der Waals surface area contributed by atoms with Crippen LogP contribution in [0.4, 0.5) is 0 Å². The third-order valence-electron chi connectivity index (χ3n) is 2.35. The highest BCUT2D eigenvalue weighted by Gasteiger charge is 2.16. The molecule has 2 aromatic rings. The smallest absolute Gasteiger partial charge is 0.339 e. The molecule has 0 spiro atoms. The maximum absolute atomic E-state index is 12.0. The van der Waals surface area contributed by atoms with Gasteiger partial charge in [-0.3, -0.25) is 0 Å². The Hall–Kier alpha value is -1.53. The minimum absolute atomic E-state index is 0.0951. The molecule has 0 N–H and O–H groups in total. The number of benzene rings is 2. The number of hydrogen-bond donors (Lipinski definition) is 0. The van der Waals surface area contributed by atoms with Gasteiger partial charge in [-0.15, -0.1) is 0 Å². The lowest BCUT2D eigenvalue weighted by Gasteiger charge is -2.07. The average molecular weight is 343 g/mol. The first-order chi connectivity index (χ1) is 9.01. The molecule has 0 saturated heterocycles. The highest BCUT2D eigenvalue weighted by Crippen LogP contribution is 2.23. The summed E-state index contributed by atoms with van der Waals surface area (Å²) >= 11 is 3.22. The molecular formula is C13H11BrO4S. The normalized spacial score (nSPS) is 11.1. The van der Waals surface area contributed by atoms with Crippen molar-refractivity contribution in [1.82, 2.24) is 0 Å². The Kier molecular flexibility index (Phi) is 4.11. The average Bonchev–Trinajstić information content (AvgIpc) is 2.39. The second kappa shape index (κ2) is 5.63. The number of methoxy groups -OCH3 is 1. The van der Waals surface area contributed by atoms with Crippen molar-refractivity contribution in [2.45, 2.75) is 4.90 Å². The maximum Gasteiger partial charge on any atom is 0.339 e. The molecule has 0 aliphatic heterocycles. The zero-order chi connectivity index (χ0) is 13.9. The van der Waals surface area contributed by atoms with Crippen LogP contribution in [0.5, 0.6) is 11.5 Å². The van der Waals surface area contributed by atoms with Gasteiger partial charge in [-0.25, -0.2) is 0 Å². The molecule has 0 atom stereocenters. The molecule has 0 amide bonds. The van der Waals surface area contributed by atoms with E-state index in [4.69, 9.17) is 8.92 Å². The minimum atomic E-state index is -3.83. The topological polar surface area (TPSA) is 52.6 Å². The standard InChI is InChI=1S/C13H11BrO4S/c1-17-11-5-7-12(8-6-11)18-19(15,16)13-4-2-3-10(14)9-13/h2-9H,1H3. The first kappa shape index (κ1) is 13.9. The molecule has 6 heteroatoms. The molecule has 0 bridgehead atoms. The molecule has 0 saturated carbocycles. The van der Waals surface area contributed by atoms with Gasteiger partial charge < -0.3 is 8.92 Å². The van der Waals surface area contributed by atoms with Crippen molar-refractivity contribution in [2.24, 2.45) is 0 Å². The quantitative estimate of drug-likeness (QED) is 0.800. The van der Waals surface area contributed by atoms with Gasteiger partial charge in [0, 0.05) is 4.47 Å². The third kappa shape index (κ3) is 3.48. The molecule has 0 aliphatic rings. The van der Waals surface area contributed by atoms with Gasteiger partial charge in [-0.1, -0.05) is 22.0 Å². The molecule has 4 nitrogen and oxygen atoms in total. The van der Waals surface area contributed by atoms with E-state index in [-0.39, 0.29) is 10.6 Å². The van der Waals surface area contributed by atoms with E-state index in [2.05, 4.69) is 15.9 Å². The lowest BCUT2D eigenvalue weighted by Crippen LogP contribution is -2.09. The van der Waals surface area contributed by atoms with E-state index in [1.165, 1.54) is 31.4 Å². The third-order valence-corrected chi connectivity index (χ3v) is 4.09. The summed E-state index contributed by atoms with van der Waals surface area (Å²) in [5, 5.41) is 0. The Labute approximate surface area is 120 Å². The Morgan fingerprint density at radius 3 is 2.21 bits per heavy atom. The molecule has 19 heavy (non-hydrogen) atoms. The zero-order valence-corrected chi connectivity index (χ0v) is 12.4. The van der Waals surface area contributed by atoms with Crippen LogP contribution in [-0.4, -0.2) is 15.5 Å². The summed E-state index contributed by atoms with van der Waals surface area (Å²) in [6, 6.07) is 12.7. The number of hydrogen-bond acceptors (Lipinski definition) is 4. The van der Waals surface area contributed by atoms with Crippen molar-refractivity contribution in [3.8, 4) is 11.5 Å². The summed E-state index contributed by atoms with van der Waals surface area (Å²) in [5.74, 6) is 0.868. The van der Waals surface area contributed by atoms with Crippen LogP contribution in [0.25, 0.3) is 0 Å². The Bertz CT molecular complexity index is 665. The van der Waals surface area contributed by atoms with Crippen LogP contribution in [0.3, 0.4) is 0 Å². The molecule has 0 aromatic heterocycles. The van der Waals surface area contributed by atoms with Crippen LogP contribution >= 0.6 is 15.9 Å². The predicted octanol–water partition coefficient (Wildman–Crippen LogP) is 3.23. The van der Waals surface area contributed by atoms with Crippen molar-refractivity contribution >= 4 is 26.0 Å². The number of halogens is 1. The molecule has 0 heterocycles. The van der Waals surface area contributed by atoms with Gasteiger partial charge in [0.25, 0.3) is 0 Å². The van der Waals surface area contributed by atoms with Gasteiger partial charge in [0.15, 0.2) is 0 Å². The van der Waals surface area contributed by atoms with Gasteiger partial charge in [0.2, 0.25) is 0 Å². The molecule has 0 aliphatic carbocycles. The second-order valence-corrected chi connectivity index (χ2v) is 6.13. The summed E-state index contributed by atoms with van der Waals surface area (Å²) in [7, 11) is -2.29. The molecule has 0 radical (unpaired) electrons. The number of rotatable bonds is 4. The Balaban J connectivity index is 2.25. The van der Waals surface area contributed by atoms with Crippen LogP contribution in [0.15, 0.2) is 57.9 Å². The predicted molar refractivity (Wildman–Crippen MR) is 74.9 cm³/mol. The first-order valence-electron chi connectivity index (χ1n) is 5.35. The van der Waals surface area contributed by atoms with E-state index in [1.54, 1.807) is 24.3 Å². The summed E-state index contributed by atoms with van der Waals surface area (Å²) in [6.07, 6.45) is 0. The largest absolute Gasteiger partial charge is 0.497 e. The van der Waals surface area contributed by atoms with Crippen molar-refractivity contribution in [3.63, 3.8) is 0 Å². The SMILES string of the molecule is COc1ccc(OS(=O)(=O)c2cccc(Br)c2)cc1.